The van der Waals surface area contributed by atoms with E-state index in [0.29, 0.717) is 10.4 Å². The molecule has 1 aromatic heterocycles. The summed E-state index contributed by atoms with van der Waals surface area (Å²) in [5, 5.41) is 2.69. The maximum atomic E-state index is 13.0. The fourth-order valence-corrected chi connectivity index (χ4v) is 5.52. The molecule has 0 radical (unpaired) electrons. The number of hydrogen-bond donors (Lipinski definition) is 1. The normalized spacial score (nSPS) is 21.5. The van der Waals surface area contributed by atoms with E-state index in [9.17, 15) is 13.2 Å². The summed E-state index contributed by atoms with van der Waals surface area (Å²) in [6.45, 7) is 3.90. The number of amides is 1. The van der Waals surface area contributed by atoms with Gasteiger partial charge in [-0.25, -0.2) is 8.42 Å². The van der Waals surface area contributed by atoms with E-state index in [4.69, 9.17) is 4.42 Å². The lowest BCUT2D eigenvalue weighted by Gasteiger charge is -2.37. The van der Waals surface area contributed by atoms with Gasteiger partial charge in [0, 0.05) is 17.8 Å². The van der Waals surface area contributed by atoms with E-state index < -0.39 is 15.9 Å². The van der Waals surface area contributed by atoms with Gasteiger partial charge in [0.05, 0.1) is 4.90 Å². The van der Waals surface area contributed by atoms with Crippen LogP contribution in [0.15, 0.2) is 50.4 Å². The van der Waals surface area contributed by atoms with Gasteiger partial charge >= 0.3 is 0 Å². The minimum Gasteiger partial charge on any atom is -0.444 e. The number of piperidine rings is 1. The molecule has 140 valence electrons. The molecule has 0 unspecified atom stereocenters. The van der Waals surface area contributed by atoms with E-state index >= 15 is 0 Å². The van der Waals surface area contributed by atoms with Gasteiger partial charge in [0.25, 0.3) is 5.91 Å². The molecule has 6 nitrogen and oxygen atoms in total. The second-order valence-electron chi connectivity index (χ2n) is 6.55. The highest BCUT2D eigenvalue weighted by Gasteiger charge is 2.35. The SMILES string of the molecule is C[C@@H]1CCC[C@H](C)N1S(=O)(=O)c1ccc(NC(=O)c2ccc(Br)o2)cc1. The highest BCUT2D eigenvalue weighted by atomic mass is 79.9. The Kier molecular flexibility index (Phi) is 5.55. The van der Waals surface area contributed by atoms with Crippen molar-refractivity contribution in [2.24, 2.45) is 0 Å². The minimum atomic E-state index is -3.56. The number of rotatable bonds is 4. The molecule has 1 N–H and O–H groups in total. The Morgan fingerprint density at radius 3 is 2.27 bits per heavy atom. The molecule has 1 aromatic carbocycles. The first-order valence-electron chi connectivity index (χ1n) is 8.49. The van der Waals surface area contributed by atoms with Gasteiger partial charge in [0.15, 0.2) is 10.4 Å². The van der Waals surface area contributed by atoms with Crippen molar-refractivity contribution in [2.45, 2.75) is 50.1 Å². The van der Waals surface area contributed by atoms with E-state index in [1.807, 2.05) is 13.8 Å². The van der Waals surface area contributed by atoms with Gasteiger partial charge in [0.2, 0.25) is 10.0 Å². The third-order valence-corrected chi connectivity index (χ3v) is 7.17. The highest BCUT2D eigenvalue weighted by Crippen LogP contribution is 2.30. The first-order chi connectivity index (χ1) is 12.3. The minimum absolute atomic E-state index is 0.0134. The first kappa shape index (κ1) is 19.1. The molecule has 1 aliphatic heterocycles. The second kappa shape index (κ2) is 7.54. The number of furan rings is 1. The van der Waals surface area contributed by atoms with Crippen molar-refractivity contribution in [3.05, 3.63) is 46.8 Å². The van der Waals surface area contributed by atoms with Crippen LogP contribution in [0.3, 0.4) is 0 Å². The Balaban J connectivity index is 1.77. The van der Waals surface area contributed by atoms with Gasteiger partial charge in [-0.15, -0.1) is 0 Å². The summed E-state index contributed by atoms with van der Waals surface area (Å²) in [5.74, 6) is -0.228. The Morgan fingerprint density at radius 1 is 1.12 bits per heavy atom. The Hall–Kier alpha value is -1.64. The van der Waals surface area contributed by atoms with Crippen LogP contribution in [0, 0.1) is 0 Å². The monoisotopic (exact) mass is 440 g/mol. The van der Waals surface area contributed by atoms with Crippen LogP contribution in [0.5, 0.6) is 0 Å². The highest BCUT2D eigenvalue weighted by molar-refractivity contribution is 9.10. The third kappa shape index (κ3) is 3.87. The molecule has 0 aliphatic carbocycles. The van der Waals surface area contributed by atoms with E-state index in [-0.39, 0.29) is 22.7 Å². The first-order valence-corrected chi connectivity index (χ1v) is 10.7. The number of carbonyl (C=O) groups is 1. The summed E-state index contributed by atoms with van der Waals surface area (Å²) in [7, 11) is -3.56. The molecule has 2 heterocycles. The van der Waals surface area contributed by atoms with Crippen molar-refractivity contribution in [2.75, 3.05) is 5.32 Å². The standard InChI is InChI=1S/C18H21BrN2O4S/c1-12-4-3-5-13(2)21(12)26(23,24)15-8-6-14(7-9-15)20-18(22)16-10-11-17(19)25-16/h6-13H,3-5H2,1-2H3,(H,20,22)/t12-,13+. The lowest BCUT2D eigenvalue weighted by atomic mass is 10.0. The van der Waals surface area contributed by atoms with Crippen LogP contribution in [-0.2, 0) is 10.0 Å². The number of sulfonamides is 1. The third-order valence-electron chi connectivity index (χ3n) is 4.60. The van der Waals surface area contributed by atoms with Crippen LogP contribution in [0.2, 0.25) is 0 Å². The predicted molar refractivity (Wildman–Crippen MR) is 103 cm³/mol. The molecule has 0 saturated carbocycles. The van der Waals surface area contributed by atoms with E-state index in [2.05, 4.69) is 21.2 Å². The number of carbonyl (C=O) groups excluding carboxylic acids is 1. The average Bonchev–Trinajstić information content (AvgIpc) is 3.01. The van der Waals surface area contributed by atoms with Crippen molar-refractivity contribution in [1.82, 2.24) is 4.31 Å². The quantitative estimate of drug-likeness (QED) is 0.770. The van der Waals surface area contributed by atoms with Gasteiger partial charge in [-0.1, -0.05) is 6.42 Å². The summed E-state index contributed by atoms with van der Waals surface area (Å²) in [6, 6.07) is 9.38. The van der Waals surface area contributed by atoms with Crippen LogP contribution in [0.4, 0.5) is 5.69 Å². The van der Waals surface area contributed by atoms with Crippen molar-refractivity contribution in [3.63, 3.8) is 0 Å². The summed E-state index contributed by atoms with van der Waals surface area (Å²) in [5.41, 5.74) is 0.501. The zero-order chi connectivity index (χ0) is 18.9. The van der Waals surface area contributed by atoms with Gasteiger partial charge in [-0.05, 0) is 79.0 Å². The Bertz CT molecular complexity index is 882. The van der Waals surface area contributed by atoms with E-state index in [1.54, 1.807) is 28.6 Å². The van der Waals surface area contributed by atoms with Gasteiger partial charge in [0.1, 0.15) is 0 Å². The van der Waals surface area contributed by atoms with Crippen molar-refractivity contribution in [1.29, 1.82) is 0 Å². The summed E-state index contributed by atoms with van der Waals surface area (Å²) in [4.78, 5) is 12.3. The molecule has 0 spiro atoms. The van der Waals surface area contributed by atoms with Gasteiger partial charge in [-0.2, -0.15) is 4.31 Å². The van der Waals surface area contributed by atoms with E-state index in [1.165, 1.54) is 12.1 Å². The van der Waals surface area contributed by atoms with Crippen LogP contribution >= 0.6 is 15.9 Å². The maximum absolute atomic E-state index is 13.0. The Morgan fingerprint density at radius 2 is 1.73 bits per heavy atom. The molecule has 26 heavy (non-hydrogen) atoms. The average molecular weight is 441 g/mol. The number of benzene rings is 1. The molecule has 2 aromatic rings. The maximum Gasteiger partial charge on any atom is 0.291 e. The van der Waals surface area contributed by atoms with Crippen molar-refractivity contribution >= 4 is 37.5 Å². The number of anilines is 1. The molecule has 3 rings (SSSR count). The summed E-state index contributed by atoms with van der Waals surface area (Å²) >= 11 is 3.15. The molecular formula is C18H21BrN2O4S. The smallest absolute Gasteiger partial charge is 0.291 e. The molecule has 0 bridgehead atoms. The van der Waals surface area contributed by atoms with Crippen LogP contribution < -0.4 is 5.32 Å². The number of hydrogen-bond acceptors (Lipinski definition) is 4. The molecule has 1 aliphatic rings. The van der Waals surface area contributed by atoms with Crippen molar-refractivity contribution in [3.8, 4) is 0 Å². The molecule has 1 saturated heterocycles. The van der Waals surface area contributed by atoms with Crippen LogP contribution in [0.1, 0.15) is 43.7 Å². The lowest BCUT2D eigenvalue weighted by molar-refractivity contribution is 0.0995. The van der Waals surface area contributed by atoms with Crippen molar-refractivity contribution < 1.29 is 17.6 Å². The van der Waals surface area contributed by atoms with E-state index in [0.717, 1.165) is 19.3 Å². The summed E-state index contributed by atoms with van der Waals surface area (Å²) < 4.78 is 33.2. The van der Waals surface area contributed by atoms with Gasteiger partial charge in [-0.3, -0.25) is 4.79 Å². The largest absolute Gasteiger partial charge is 0.444 e. The topological polar surface area (TPSA) is 79.6 Å². The molecule has 2 atom stereocenters. The Labute approximate surface area is 161 Å². The predicted octanol–water partition coefficient (Wildman–Crippen LogP) is 4.25. The van der Waals surface area contributed by atoms with Crippen LogP contribution in [0.25, 0.3) is 0 Å². The van der Waals surface area contributed by atoms with Crippen LogP contribution in [-0.4, -0.2) is 30.7 Å². The fraction of sp³-hybridized carbons (Fsp3) is 0.389. The lowest BCUT2D eigenvalue weighted by Crippen LogP contribution is -2.47. The molecule has 8 heteroatoms. The zero-order valence-corrected chi connectivity index (χ0v) is 17.0. The number of nitrogens with one attached hydrogen (secondary N) is 1. The number of nitrogens with zero attached hydrogens (tertiary/aromatic N) is 1. The summed E-state index contributed by atoms with van der Waals surface area (Å²) in [6.07, 6.45) is 2.79. The molecule has 1 amide bonds. The second-order valence-corrected chi connectivity index (χ2v) is 9.17. The van der Waals surface area contributed by atoms with Gasteiger partial charge < -0.3 is 9.73 Å². The number of halogens is 1. The molecule has 1 fully saturated rings. The fourth-order valence-electron chi connectivity index (χ4n) is 3.33. The zero-order valence-electron chi connectivity index (χ0n) is 14.6. The molecular weight excluding hydrogens is 420 g/mol.